The molecule has 2 aliphatic rings. The maximum absolute atomic E-state index is 13.0. The van der Waals surface area contributed by atoms with Crippen molar-refractivity contribution in [1.29, 1.82) is 0 Å². The van der Waals surface area contributed by atoms with Crippen LogP contribution in [-0.2, 0) is 9.59 Å². The number of carbonyl (C=O) groups is 2. The Balaban J connectivity index is 1.79. The van der Waals surface area contributed by atoms with E-state index in [-0.39, 0.29) is 18.2 Å². The Bertz CT molecular complexity index is 791. The summed E-state index contributed by atoms with van der Waals surface area (Å²) in [5, 5.41) is 2.94. The Labute approximate surface area is 153 Å². The molecule has 6 nitrogen and oxygen atoms in total. The molecule has 2 heterocycles. The van der Waals surface area contributed by atoms with Crippen LogP contribution in [-0.4, -0.2) is 41.2 Å². The van der Waals surface area contributed by atoms with E-state index in [1.807, 2.05) is 30.3 Å². The summed E-state index contributed by atoms with van der Waals surface area (Å²) >= 11 is 0. The van der Waals surface area contributed by atoms with Gasteiger partial charge in [0.2, 0.25) is 0 Å². The monoisotopic (exact) mass is 352 g/mol. The predicted octanol–water partition coefficient (Wildman–Crippen LogP) is 2.94. The van der Waals surface area contributed by atoms with Gasteiger partial charge >= 0.3 is 0 Å². The number of nitrogens with zero attached hydrogens (tertiary/aromatic N) is 3. The molecule has 0 saturated carbocycles. The summed E-state index contributed by atoms with van der Waals surface area (Å²) in [4.78, 5) is 33.0. The van der Waals surface area contributed by atoms with Crippen LogP contribution in [0.4, 0.5) is 11.4 Å². The van der Waals surface area contributed by atoms with E-state index in [9.17, 15) is 9.59 Å². The van der Waals surface area contributed by atoms with Crippen molar-refractivity contribution >= 4 is 29.0 Å². The van der Waals surface area contributed by atoms with Crippen LogP contribution in [0.2, 0.25) is 0 Å². The summed E-state index contributed by atoms with van der Waals surface area (Å²) in [6.07, 6.45) is 7.20. The number of amidine groups is 1. The lowest BCUT2D eigenvalue weighted by atomic mass is 9.91. The summed E-state index contributed by atoms with van der Waals surface area (Å²) < 4.78 is 0. The number of rotatable bonds is 5. The van der Waals surface area contributed by atoms with Crippen LogP contribution in [0.15, 0.2) is 53.7 Å². The molecule has 2 aliphatic heterocycles. The molecule has 1 unspecified atom stereocenters. The van der Waals surface area contributed by atoms with Gasteiger partial charge in [0.25, 0.3) is 11.8 Å². The first-order chi connectivity index (χ1) is 12.5. The zero-order chi connectivity index (χ0) is 18.7. The van der Waals surface area contributed by atoms with E-state index in [4.69, 9.17) is 0 Å². The molecule has 0 radical (unpaired) electrons. The molecule has 0 aromatic heterocycles. The van der Waals surface area contributed by atoms with E-state index in [2.05, 4.69) is 29.1 Å². The standard InChI is InChI=1S/C20H24N4O2/c1-4-23(5-2)16-11-9-15(10-12-16)21-19(26)20(3)14-18(25)22-17-8-6-7-13-24(17)20/h6-13H,4-5,14H2,1-3H3,(H,21,26). The van der Waals surface area contributed by atoms with Crippen molar-refractivity contribution < 1.29 is 9.59 Å². The Hall–Kier alpha value is -2.89. The van der Waals surface area contributed by atoms with Crippen molar-refractivity contribution in [2.24, 2.45) is 4.99 Å². The lowest BCUT2D eigenvalue weighted by Crippen LogP contribution is -2.58. The number of hydrogen-bond acceptors (Lipinski definition) is 4. The Morgan fingerprint density at radius 1 is 1.23 bits per heavy atom. The van der Waals surface area contributed by atoms with E-state index >= 15 is 0 Å². The van der Waals surface area contributed by atoms with Gasteiger partial charge in [0, 0.05) is 30.7 Å². The number of benzene rings is 1. The second kappa shape index (κ2) is 7.15. The van der Waals surface area contributed by atoms with E-state index < -0.39 is 5.54 Å². The van der Waals surface area contributed by atoms with E-state index in [1.54, 1.807) is 30.2 Å². The molecule has 0 fully saturated rings. The van der Waals surface area contributed by atoms with E-state index in [0.29, 0.717) is 11.5 Å². The molecular weight excluding hydrogens is 328 g/mol. The zero-order valence-corrected chi connectivity index (χ0v) is 15.4. The molecule has 6 heteroatoms. The molecule has 0 aliphatic carbocycles. The van der Waals surface area contributed by atoms with Crippen LogP contribution < -0.4 is 10.2 Å². The normalized spacial score (nSPS) is 21.3. The molecule has 26 heavy (non-hydrogen) atoms. The highest BCUT2D eigenvalue weighted by molar-refractivity contribution is 6.11. The number of aliphatic imine (C=N–C) groups is 1. The van der Waals surface area contributed by atoms with E-state index in [1.165, 1.54) is 0 Å². The molecule has 0 spiro atoms. The highest BCUT2D eigenvalue weighted by Gasteiger charge is 2.45. The van der Waals surface area contributed by atoms with Gasteiger partial charge in [-0.2, -0.15) is 4.99 Å². The third-order valence-corrected chi connectivity index (χ3v) is 4.85. The van der Waals surface area contributed by atoms with Crippen molar-refractivity contribution in [3.8, 4) is 0 Å². The number of amides is 2. The summed E-state index contributed by atoms with van der Waals surface area (Å²) in [5.41, 5.74) is 0.818. The summed E-state index contributed by atoms with van der Waals surface area (Å²) in [7, 11) is 0. The lowest BCUT2D eigenvalue weighted by Gasteiger charge is -2.41. The topological polar surface area (TPSA) is 65.0 Å². The second-order valence-corrected chi connectivity index (χ2v) is 6.56. The number of allylic oxidation sites excluding steroid dienone is 2. The molecule has 0 saturated heterocycles. The number of hydrogen-bond donors (Lipinski definition) is 1. The van der Waals surface area contributed by atoms with Gasteiger partial charge in [-0.3, -0.25) is 9.59 Å². The maximum Gasteiger partial charge on any atom is 0.250 e. The molecule has 0 bridgehead atoms. The van der Waals surface area contributed by atoms with Crippen molar-refractivity contribution in [3.63, 3.8) is 0 Å². The minimum absolute atomic E-state index is 0.0397. The third-order valence-electron chi connectivity index (χ3n) is 4.85. The number of fused-ring (bicyclic) bond motifs is 1. The van der Waals surface area contributed by atoms with Crippen LogP contribution in [0.25, 0.3) is 0 Å². The van der Waals surface area contributed by atoms with Gasteiger partial charge in [-0.15, -0.1) is 0 Å². The first-order valence-corrected chi connectivity index (χ1v) is 8.90. The SMILES string of the molecule is CCN(CC)c1ccc(NC(=O)C2(C)CC(=O)N=C3C=CC=CN32)cc1. The fraction of sp³-hybridized carbons (Fsp3) is 0.350. The van der Waals surface area contributed by atoms with Crippen LogP contribution in [0.5, 0.6) is 0 Å². The minimum atomic E-state index is -1.01. The Kier molecular flexibility index (Phi) is 4.93. The summed E-state index contributed by atoms with van der Waals surface area (Å²) in [6.45, 7) is 7.85. The zero-order valence-electron chi connectivity index (χ0n) is 15.4. The molecule has 1 aromatic carbocycles. The van der Waals surface area contributed by atoms with Crippen molar-refractivity contribution in [3.05, 3.63) is 48.7 Å². The van der Waals surface area contributed by atoms with Crippen LogP contribution in [0, 0.1) is 0 Å². The minimum Gasteiger partial charge on any atom is -0.372 e. The molecule has 1 atom stereocenters. The smallest absolute Gasteiger partial charge is 0.250 e. The van der Waals surface area contributed by atoms with Crippen molar-refractivity contribution in [2.45, 2.75) is 32.7 Å². The van der Waals surface area contributed by atoms with Gasteiger partial charge in [-0.1, -0.05) is 6.08 Å². The lowest BCUT2D eigenvalue weighted by molar-refractivity contribution is -0.130. The fourth-order valence-electron chi connectivity index (χ4n) is 3.29. The van der Waals surface area contributed by atoms with Gasteiger partial charge in [-0.05, 0) is 57.2 Å². The highest BCUT2D eigenvalue weighted by atomic mass is 16.2. The quantitative estimate of drug-likeness (QED) is 0.885. The molecule has 2 amide bonds. The molecule has 1 N–H and O–H groups in total. The molecular formula is C20H24N4O2. The highest BCUT2D eigenvalue weighted by Crippen LogP contribution is 2.29. The number of carbonyl (C=O) groups excluding carboxylic acids is 2. The van der Waals surface area contributed by atoms with Gasteiger partial charge in [0.15, 0.2) is 0 Å². The molecule has 3 rings (SSSR count). The van der Waals surface area contributed by atoms with Crippen molar-refractivity contribution in [1.82, 2.24) is 4.90 Å². The van der Waals surface area contributed by atoms with Crippen LogP contribution in [0.1, 0.15) is 27.2 Å². The Morgan fingerprint density at radius 2 is 1.92 bits per heavy atom. The van der Waals surface area contributed by atoms with Crippen LogP contribution >= 0.6 is 0 Å². The van der Waals surface area contributed by atoms with Gasteiger partial charge in [-0.25, -0.2) is 0 Å². The van der Waals surface area contributed by atoms with Crippen LogP contribution in [0.3, 0.4) is 0 Å². The first kappa shape index (κ1) is 17.9. The summed E-state index contributed by atoms with van der Waals surface area (Å²) in [5.74, 6) is -0.0159. The van der Waals surface area contributed by atoms with E-state index in [0.717, 1.165) is 18.8 Å². The first-order valence-electron chi connectivity index (χ1n) is 8.90. The third kappa shape index (κ3) is 3.27. The Morgan fingerprint density at radius 3 is 2.58 bits per heavy atom. The second-order valence-electron chi connectivity index (χ2n) is 6.56. The predicted molar refractivity (Wildman–Crippen MR) is 104 cm³/mol. The molecule has 1 aromatic rings. The average molecular weight is 352 g/mol. The van der Waals surface area contributed by atoms with Gasteiger partial charge < -0.3 is 15.1 Å². The molecule has 136 valence electrons. The maximum atomic E-state index is 13.0. The summed E-state index contributed by atoms with van der Waals surface area (Å²) in [6, 6.07) is 7.77. The average Bonchev–Trinajstić information content (AvgIpc) is 2.64. The number of anilines is 2. The largest absolute Gasteiger partial charge is 0.372 e. The van der Waals surface area contributed by atoms with Crippen molar-refractivity contribution in [2.75, 3.05) is 23.3 Å². The van der Waals surface area contributed by atoms with Gasteiger partial charge in [0.1, 0.15) is 11.4 Å². The fourth-order valence-corrected chi connectivity index (χ4v) is 3.29. The number of nitrogens with one attached hydrogen (secondary N) is 1. The van der Waals surface area contributed by atoms with Gasteiger partial charge in [0.05, 0.1) is 6.42 Å².